The molecule has 1 heterocycles. The van der Waals surface area contributed by atoms with Crippen LogP contribution in [0, 0.1) is 17.7 Å². The molecule has 0 radical (unpaired) electrons. The molecule has 0 bridgehead atoms. The lowest BCUT2D eigenvalue weighted by atomic mass is 9.67. The molecule has 3 rings (SSSR count). The smallest absolute Gasteiger partial charge is 0.123 e. The van der Waals surface area contributed by atoms with Gasteiger partial charge >= 0.3 is 0 Å². The van der Waals surface area contributed by atoms with E-state index in [1.807, 2.05) is 6.07 Å². The van der Waals surface area contributed by atoms with Crippen molar-refractivity contribution in [3.05, 3.63) is 35.6 Å². The zero-order chi connectivity index (χ0) is 15.6. The highest BCUT2D eigenvalue weighted by molar-refractivity contribution is 5.27. The van der Waals surface area contributed by atoms with Crippen molar-refractivity contribution in [3.8, 4) is 0 Å². The minimum Gasteiger partial charge on any atom is -0.330 e. The molecule has 122 valence electrons. The van der Waals surface area contributed by atoms with E-state index in [0.29, 0.717) is 5.92 Å². The maximum Gasteiger partial charge on any atom is 0.123 e. The Morgan fingerprint density at radius 3 is 2.59 bits per heavy atom. The molecule has 1 aliphatic heterocycles. The van der Waals surface area contributed by atoms with Crippen molar-refractivity contribution in [2.75, 3.05) is 19.6 Å². The Kier molecular flexibility index (Phi) is 4.84. The number of nitrogens with two attached hydrogens (primary N) is 1. The molecule has 0 amide bonds. The van der Waals surface area contributed by atoms with Gasteiger partial charge in [-0.2, -0.15) is 0 Å². The number of nitrogens with zero attached hydrogens (tertiary/aromatic N) is 1. The average molecular weight is 304 g/mol. The van der Waals surface area contributed by atoms with E-state index in [1.165, 1.54) is 37.9 Å². The molecule has 2 aliphatic rings. The molecule has 2 fully saturated rings. The van der Waals surface area contributed by atoms with E-state index >= 15 is 0 Å². The summed E-state index contributed by atoms with van der Waals surface area (Å²) in [7, 11) is 0. The third kappa shape index (κ3) is 2.93. The highest BCUT2D eigenvalue weighted by Gasteiger charge is 2.44. The van der Waals surface area contributed by atoms with Crippen LogP contribution < -0.4 is 5.73 Å². The van der Waals surface area contributed by atoms with Gasteiger partial charge in [0, 0.05) is 18.6 Å². The fraction of sp³-hybridized carbons (Fsp3) is 0.684. The number of hydrogen-bond donors (Lipinski definition) is 1. The van der Waals surface area contributed by atoms with Crippen molar-refractivity contribution in [1.82, 2.24) is 4.90 Å². The Morgan fingerprint density at radius 2 is 2.05 bits per heavy atom. The van der Waals surface area contributed by atoms with Gasteiger partial charge < -0.3 is 5.73 Å². The van der Waals surface area contributed by atoms with E-state index in [-0.39, 0.29) is 11.4 Å². The Labute approximate surface area is 133 Å². The highest BCUT2D eigenvalue weighted by atomic mass is 19.1. The lowest BCUT2D eigenvalue weighted by Crippen LogP contribution is -2.55. The van der Waals surface area contributed by atoms with Gasteiger partial charge in [0.15, 0.2) is 0 Å². The molecule has 0 aromatic heterocycles. The van der Waals surface area contributed by atoms with Crippen LogP contribution in [0.15, 0.2) is 24.3 Å². The van der Waals surface area contributed by atoms with E-state index < -0.39 is 0 Å². The van der Waals surface area contributed by atoms with E-state index in [1.54, 1.807) is 12.1 Å². The predicted molar refractivity (Wildman–Crippen MR) is 89.1 cm³/mol. The Morgan fingerprint density at radius 1 is 1.32 bits per heavy atom. The molecular weight excluding hydrogens is 275 g/mol. The molecule has 1 aliphatic carbocycles. The van der Waals surface area contributed by atoms with Gasteiger partial charge in [-0.1, -0.05) is 19.1 Å². The first kappa shape index (κ1) is 15.9. The molecule has 1 aromatic rings. The van der Waals surface area contributed by atoms with Gasteiger partial charge in [-0.05, 0) is 74.6 Å². The lowest BCUT2D eigenvalue weighted by molar-refractivity contribution is -0.0192. The summed E-state index contributed by atoms with van der Waals surface area (Å²) in [5.41, 5.74) is 7.00. The van der Waals surface area contributed by atoms with E-state index in [0.717, 1.165) is 31.7 Å². The second kappa shape index (κ2) is 6.67. The van der Waals surface area contributed by atoms with E-state index in [9.17, 15) is 4.39 Å². The number of hydrogen-bond acceptors (Lipinski definition) is 2. The molecule has 1 aromatic carbocycles. The Bertz CT molecular complexity index is 490. The first-order valence-electron chi connectivity index (χ1n) is 8.87. The van der Waals surface area contributed by atoms with Crippen molar-refractivity contribution in [1.29, 1.82) is 0 Å². The zero-order valence-electron chi connectivity index (χ0n) is 13.7. The van der Waals surface area contributed by atoms with Crippen LogP contribution in [0.2, 0.25) is 0 Å². The Hall–Kier alpha value is -0.930. The summed E-state index contributed by atoms with van der Waals surface area (Å²) in [5.74, 6) is 1.40. The molecule has 1 atom stereocenters. The standard InChI is InChI=1S/C19H29FN2/c1-15(8-11-21)16-6-9-19(10-7-16,22-12-3-13-22)17-4-2-5-18(20)14-17/h2,4-5,14-16H,3,6-13,21H2,1H3. The summed E-state index contributed by atoms with van der Waals surface area (Å²) in [5, 5.41) is 0. The largest absolute Gasteiger partial charge is 0.330 e. The fourth-order valence-corrected chi connectivity index (χ4v) is 4.49. The number of likely N-dealkylation sites (tertiary alicyclic amines) is 1. The van der Waals surface area contributed by atoms with Gasteiger partial charge in [-0.15, -0.1) is 0 Å². The van der Waals surface area contributed by atoms with Crippen LogP contribution in [0.1, 0.15) is 51.0 Å². The molecule has 2 nitrogen and oxygen atoms in total. The molecule has 1 unspecified atom stereocenters. The topological polar surface area (TPSA) is 29.3 Å². The first-order valence-corrected chi connectivity index (χ1v) is 8.87. The quantitative estimate of drug-likeness (QED) is 0.894. The van der Waals surface area contributed by atoms with Crippen molar-refractivity contribution < 1.29 is 4.39 Å². The summed E-state index contributed by atoms with van der Waals surface area (Å²) >= 11 is 0. The normalized spacial score (nSPS) is 30.8. The van der Waals surface area contributed by atoms with Crippen LogP contribution >= 0.6 is 0 Å². The molecular formula is C19H29FN2. The van der Waals surface area contributed by atoms with Crippen LogP contribution in [0.25, 0.3) is 0 Å². The number of rotatable bonds is 5. The number of benzene rings is 1. The SMILES string of the molecule is CC(CCN)C1CCC(c2cccc(F)c2)(N2CCC2)CC1. The van der Waals surface area contributed by atoms with Gasteiger partial charge in [-0.3, -0.25) is 4.90 Å². The van der Waals surface area contributed by atoms with Crippen molar-refractivity contribution in [3.63, 3.8) is 0 Å². The van der Waals surface area contributed by atoms with E-state index in [2.05, 4.69) is 17.9 Å². The average Bonchev–Trinajstić information content (AvgIpc) is 2.46. The predicted octanol–water partition coefficient (Wildman–Crippen LogP) is 3.90. The molecule has 3 heteroatoms. The van der Waals surface area contributed by atoms with Crippen molar-refractivity contribution in [2.24, 2.45) is 17.6 Å². The van der Waals surface area contributed by atoms with Gasteiger partial charge in [-0.25, -0.2) is 4.39 Å². The number of halogens is 1. The summed E-state index contributed by atoms with van der Waals surface area (Å²) < 4.78 is 13.8. The van der Waals surface area contributed by atoms with Gasteiger partial charge in [0.2, 0.25) is 0 Å². The monoisotopic (exact) mass is 304 g/mol. The molecule has 2 N–H and O–H groups in total. The van der Waals surface area contributed by atoms with Gasteiger partial charge in [0.05, 0.1) is 0 Å². The van der Waals surface area contributed by atoms with Crippen LogP contribution in [-0.4, -0.2) is 24.5 Å². The van der Waals surface area contributed by atoms with Crippen molar-refractivity contribution in [2.45, 2.75) is 51.0 Å². The van der Waals surface area contributed by atoms with Crippen LogP contribution in [0.4, 0.5) is 4.39 Å². The summed E-state index contributed by atoms with van der Waals surface area (Å²) in [6.07, 6.45) is 7.22. The second-order valence-corrected chi connectivity index (χ2v) is 7.27. The summed E-state index contributed by atoms with van der Waals surface area (Å²) in [6.45, 7) is 5.47. The third-order valence-corrected chi connectivity index (χ3v) is 6.11. The van der Waals surface area contributed by atoms with Crippen LogP contribution in [0.3, 0.4) is 0 Å². The minimum absolute atomic E-state index is 0.0826. The highest BCUT2D eigenvalue weighted by Crippen LogP contribution is 2.47. The molecule has 1 saturated heterocycles. The Balaban J connectivity index is 1.78. The van der Waals surface area contributed by atoms with Gasteiger partial charge in [0.1, 0.15) is 5.82 Å². The summed E-state index contributed by atoms with van der Waals surface area (Å²) in [4.78, 5) is 2.59. The maximum atomic E-state index is 13.8. The minimum atomic E-state index is -0.101. The van der Waals surface area contributed by atoms with Gasteiger partial charge in [0.25, 0.3) is 0 Å². The van der Waals surface area contributed by atoms with Crippen LogP contribution in [0.5, 0.6) is 0 Å². The molecule has 22 heavy (non-hydrogen) atoms. The van der Waals surface area contributed by atoms with Crippen molar-refractivity contribution >= 4 is 0 Å². The fourth-order valence-electron chi connectivity index (χ4n) is 4.49. The summed E-state index contributed by atoms with van der Waals surface area (Å²) in [6, 6.07) is 7.32. The zero-order valence-corrected chi connectivity index (χ0v) is 13.7. The molecule has 1 saturated carbocycles. The van der Waals surface area contributed by atoms with E-state index in [4.69, 9.17) is 5.73 Å². The van der Waals surface area contributed by atoms with Crippen LogP contribution in [-0.2, 0) is 5.54 Å². The maximum absolute atomic E-state index is 13.8. The third-order valence-electron chi connectivity index (χ3n) is 6.11. The lowest BCUT2D eigenvalue weighted by Gasteiger charge is -2.53. The molecule has 0 spiro atoms. The first-order chi connectivity index (χ1) is 10.7. The second-order valence-electron chi connectivity index (χ2n) is 7.27.